The molecule has 1 aliphatic heterocycles. The van der Waals surface area contributed by atoms with Crippen molar-refractivity contribution in [1.29, 1.82) is 0 Å². The fraction of sp³-hybridized carbons (Fsp3) is 0.545. The van der Waals surface area contributed by atoms with Crippen molar-refractivity contribution in [1.82, 2.24) is 8.59 Å². The molecular formula is C11H15IN2O2S. The quantitative estimate of drug-likeness (QED) is 0.342. The van der Waals surface area contributed by atoms with Crippen LogP contribution in [-0.4, -0.2) is 27.6 Å². The molecule has 4 nitrogen and oxygen atoms in total. The Labute approximate surface area is 119 Å². The van der Waals surface area contributed by atoms with Gasteiger partial charge in [0.05, 0.1) is 28.9 Å². The lowest BCUT2D eigenvalue weighted by Crippen LogP contribution is -2.44. The molecule has 1 heterocycles. The van der Waals surface area contributed by atoms with Gasteiger partial charge in [-0.15, -0.1) is 11.8 Å². The second-order valence-electron chi connectivity index (χ2n) is 4.31. The van der Waals surface area contributed by atoms with Crippen molar-refractivity contribution in [2.75, 3.05) is 0 Å². The molecule has 3 atom stereocenters. The Balaban J connectivity index is 1.99. The van der Waals surface area contributed by atoms with Crippen molar-refractivity contribution in [3.63, 3.8) is 0 Å². The summed E-state index contributed by atoms with van der Waals surface area (Å²) in [6, 6.07) is -0.637. The van der Waals surface area contributed by atoms with Crippen LogP contribution in [0.5, 0.6) is 0 Å². The van der Waals surface area contributed by atoms with Crippen LogP contribution in [0.1, 0.15) is 19.8 Å². The van der Waals surface area contributed by atoms with Crippen molar-refractivity contribution < 1.29 is 10.0 Å². The van der Waals surface area contributed by atoms with E-state index in [0.29, 0.717) is 5.92 Å². The minimum Gasteiger partial charge on any atom is -0.284 e. The first-order valence-corrected chi connectivity index (χ1v) is 7.51. The Morgan fingerprint density at radius 3 is 3.18 bits per heavy atom. The third kappa shape index (κ3) is 2.79. The Kier molecular flexibility index (Phi) is 4.37. The molecule has 17 heavy (non-hydrogen) atoms. The molecule has 0 aromatic heterocycles. The van der Waals surface area contributed by atoms with Gasteiger partial charge in [-0.3, -0.25) is 8.74 Å². The molecule has 0 saturated carbocycles. The van der Waals surface area contributed by atoms with Crippen LogP contribution >= 0.6 is 34.6 Å². The summed E-state index contributed by atoms with van der Waals surface area (Å²) in [6.45, 7) is 1.88. The minimum atomic E-state index is -0.458. The number of hydroxylamine groups is 2. The van der Waals surface area contributed by atoms with Crippen molar-refractivity contribution in [2.24, 2.45) is 5.92 Å². The van der Waals surface area contributed by atoms with Crippen LogP contribution in [0.2, 0.25) is 0 Å². The van der Waals surface area contributed by atoms with Crippen molar-refractivity contribution in [3.8, 4) is 0 Å². The predicted molar refractivity (Wildman–Crippen MR) is 77.0 cm³/mol. The zero-order valence-electron chi connectivity index (χ0n) is 9.47. The second kappa shape index (κ2) is 5.62. The lowest BCUT2D eigenvalue weighted by atomic mass is 9.94. The molecule has 1 aliphatic carbocycles. The third-order valence-corrected chi connectivity index (χ3v) is 5.33. The lowest BCUT2D eigenvalue weighted by molar-refractivity contribution is -0.0710. The number of carbonyl (C=O) groups excluding carboxylic acids is 1. The Morgan fingerprint density at radius 1 is 1.76 bits per heavy atom. The summed E-state index contributed by atoms with van der Waals surface area (Å²) in [6.07, 6.45) is 8.50. The molecule has 2 amide bonds. The Bertz CT molecular complexity index is 372. The first-order chi connectivity index (χ1) is 8.13. The summed E-state index contributed by atoms with van der Waals surface area (Å²) in [7, 11) is 0. The highest BCUT2D eigenvalue weighted by Gasteiger charge is 2.36. The SMILES string of the molecule is CC(C1CC2CC=CC=C2S1)N(O)C(=O)NI. The van der Waals surface area contributed by atoms with Crippen LogP contribution in [0.3, 0.4) is 0 Å². The highest BCUT2D eigenvalue weighted by Crippen LogP contribution is 2.47. The van der Waals surface area contributed by atoms with Gasteiger partial charge in [-0.2, -0.15) is 0 Å². The third-order valence-electron chi connectivity index (χ3n) is 3.24. The minimum absolute atomic E-state index is 0.179. The molecule has 0 aromatic rings. The Morgan fingerprint density at radius 2 is 2.53 bits per heavy atom. The van der Waals surface area contributed by atoms with E-state index in [9.17, 15) is 10.0 Å². The monoisotopic (exact) mass is 366 g/mol. The van der Waals surface area contributed by atoms with Gasteiger partial charge in [0.1, 0.15) is 0 Å². The van der Waals surface area contributed by atoms with Crippen molar-refractivity contribution >= 4 is 40.7 Å². The molecule has 6 heteroatoms. The summed E-state index contributed by atoms with van der Waals surface area (Å²) in [4.78, 5) is 12.7. The standard InChI is InChI=1S/C11H15IN2O2S/c1-7(14(16)11(15)13-12)10-6-8-4-2-3-5-9(8)17-10/h2-3,5,7-8,10,16H,4,6H2,1H3,(H,13,15). The summed E-state index contributed by atoms with van der Waals surface area (Å²) in [5.74, 6) is 0.577. The van der Waals surface area contributed by atoms with Gasteiger partial charge in [-0.25, -0.2) is 9.86 Å². The van der Waals surface area contributed by atoms with E-state index >= 15 is 0 Å². The molecule has 0 bridgehead atoms. The number of rotatable bonds is 2. The number of fused-ring (bicyclic) bond motifs is 1. The summed E-state index contributed by atoms with van der Waals surface area (Å²) in [5.41, 5.74) is 0. The molecule has 1 fully saturated rings. The van der Waals surface area contributed by atoms with Gasteiger partial charge in [-0.1, -0.05) is 18.2 Å². The van der Waals surface area contributed by atoms with E-state index in [0.717, 1.165) is 17.9 Å². The van der Waals surface area contributed by atoms with Gasteiger partial charge in [0, 0.05) is 5.25 Å². The molecule has 94 valence electrons. The molecule has 2 aliphatic rings. The van der Waals surface area contributed by atoms with Crippen LogP contribution < -0.4 is 3.53 Å². The number of halogens is 1. The lowest BCUT2D eigenvalue weighted by Gasteiger charge is -2.26. The summed E-state index contributed by atoms with van der Waals surface area (Å²) in [5, 5.41) is 10.8. The van der Waals surface area contributed by atoms with Crippen LogP contribution in [-0.2, 0) is 0 Å². The first-order valence-electron chi connectivity index (χ1n) is 5.55. The van der Waals surface area contributed by atoms with Gasteiger partial charge in [0.2, 0.25) is 0 Å². The van der Waals surface area contributed by atoms with Gasteiger partial charge < -0.3 is 0 Å². The number of hydrogen-bond acceptors (Lipinski definition) is 3. The molecule has 2 N–H and O–H groups in total. The van der Waals surface area contributed by atoms with Crippen molar-refractivity contribution in [2.45, 2.75) is 31.1 Å². The van der Waals surface area contributed by atoms with Crippen LogP contribution in [0.25, 0.3) is 0 Å². The molecule has 0 spiro atoms. The fourth-order valence-corrected chi connectivity index (χ4v) is 3.97. The largest absolute Gasteiger partial charge is 0.350 e. The number of amides is 2. The summed E-state index contributed by atoms with van der Waals surface area (Å²) >= 11 is 3.51. The average molecular weight is 366 g/mol. The second-order valence-corrected chi connectivity index (χ2v) is 6.16. The maximum Gasteiger partial charge on any atom is 0.350 e. The molecule has 3 unspecified atom stereocenters. The molecule has 1 saturated heterocycles. The maximum absolute atomic E-state index is 11.3. The van der Waals surface area contributed by atoms with Gasteiger partial charge >= 0.3 is 6.03 Å². The summed E-state index contributed by atoms with van der Waals surface area (Å²) < 4.78 is 2.40. The van der Waals surface area contributed by atoms with Gasteiger partial charge in [0.15, 0.2) is 0 Å². The first kappa shape index (κ1) is 13.2. The number of nitrogens with zero attached hydrogens (tertiary/aromatic N) is 1. The number of nitrogens with one attached hydrogen (secondary N) is 1. The van der Waals surface area contributed by atoms with Crippen LogP contribution in [0.15, 0.2) is 23.1 Å². The zero-order chi connectivity index (χ0) is 12.4. The van der Waals surface area contributed by atoms with Gasteiger partial charge in [-0.05, 0) is 30.6 Å². The van der Waals surface area contributed by atoms with E-state index in [4.69, 9.17) is 0 Å². The van der Waals surface area contributed by atoms with Gasteiger partial charge in [0.25, 0.3) is 0 Å². The predicted octanol–water partition coefficient (Wildman–Crippen LogP) is 3.09. The molecule has 0 radical (unpaired) electrons. The van der Waals surface area contributed by atoms with E-state index in [1.54, 1.807) is 34.6 Å². The highest BCUT2D eigenvalue weighted by atomic mass is 127. The maximum atomic E-state index is 11.3. The topological polar surface area (TPSA) is 52.6 Å². The van der Waals surface area contributed by atoms with E-state index in [-0.39, 0.29) is 11.3 Å². The number of carbonyl (C=O) groups is 1. The molecular weight excluding hydrogens is 351 g/mol. The zero-order valence-corrected chi connectivity index (χ0v) is 12.4. The number of hydrogen-bond donors (Lipinski definition) is 2. The Hall–Kier alpha value is -0.210. The van der Waals surface area contributed by atoms with E-state index in [1.165, 1.54) is 4.91 Å². The highest BCUT2D eigenvalue weighted by molar-refractivity contribution is 14.1. The van der Waals surface area contributed by atoms with Crippen LogP contribution in [0, 0.1) is 5.92 Å². The van der Waals surface area contributed by atoms with Crippen molar-refractivity contribution in [3.05, 3.63) is 23.1 Å². The van der Waals surface area contributed by atoms with Crippen LogP contribution in [0.4, 0.5) is 4.79 Å². The number of urea groups is 1. The van der Waals surface area contributed by atoms with E-state index in [2.05, 4.69) is 21.8 Å². The van der Waals surface area contributed by atoms with E-state index < -0.39 is 6.03 Å². The smallest absolute Gasteiger partial charge is 0.284 e. The average Bonchev–Trinajstić information content (AvgIpc) is 2.79. The fourth-order valence-electron chi connectivity index (χ4n) is 2.19. The number of thioether (sulfide) groups is 1. The normalized spacial score (nSPS) is 28.3. The number of allylic oxidation sites excluding steroid dienone is 4. The molecule has 0 aromatic carbocycles. The van der Waals surface area contributed by atoms with E-state index in [1.807, 2.05) is 6.92 Å². The molecule has 2 rings (SSSR count).